The average Bonchev–Trinajstić information content (AvgIpc) is 2.25. The summed E-state index contributed by atoms with van der Waals surface area (Å²) in [6.07, 6.45) is 5.40. The van der Waals surface area contributed by atoms with Gasteiger partial charge in [0.25, 0.3) is 0 Å². The van der Waals surface area contributed by atoms with Crippen LogP contribution in [0.15, 0.2) is 42.5 Å². The molecule has 0 radical (unpaired) electrons. The quantitative estimate of drug-likeness (QED) is 0.315. The van der Waals surface area contributed by atoms with Crippen LogP contribution in [0.4, 0.5) is 0 Å². The Morgan fingerprint density at radius 3 is 2.31 bits per heavy atom. The van der Waals surface area contributed by atoms with Gasteiger partial charge in [-0.25, -0.2) is 0 Å². The van der Waals surface area contributed by atoms with E-state index in [1.165, 1.54) is 10.5 Å². The summed E-state index contributed by atoms with van der Waals surface area (Å²) < 4.78 is 0. The van der Waals surface area contributed by atoms with E-state index in [0.29, 0.717) is 6.00 Å². The first-order valence-electron chi connectivity index (χ1n) is 4.89. The molecule has 16 heavy (non-hydrogen) atoms. The number of halogens is 3. The van der Waals surface area contributed by atoms with Gasteiger partial charge in [-0.1, -0.05) is 48.0 Å². The second-order valence-electron chi connectivity index (χ2n) is 3.46. The highest BCUT2D eigenvalue weighted by atomic mass is 35.5. The van der Waals surface area contributed by atoms with Crippen LogP contribution in [0.25, 0.3) is 0 Å². The second kappa shape index (κ2) is 11.3. The highest BCUT2D eigenvalue weighted by Crippen LogP contribution is 1.99. The summed E-state index contributed by atoms with van der Waals surface area (Å²) in [5, 5.41) is 0. The van der Waals surface area contributed by atoms with Crippen molar-refractivity contribution >= 4 is 11.6 Å². The molecule has 1 rings (SSSR count). The van der Waals surface area contributed by atoms with Crippen molar-refractivity contribution < 1.29 is 29.7 Å². The third-order valence-corrected chi connectivity index (χ3v) is 2.51. The second-order valence-corrected chi connectivity index (χ2v) is 3.72. The van der Waals surface area contributed by atoms with Crippen molar-refractivity contribution in [2.75, 3.05) is 19.6 Å². The molecule has 0 aromatic heterocycles. The first-order valence-corrected chi connectivity index (χ1v) is 5.42. The van der Waals surface area contributed by atoms with E-state index in [0.717, 1.165) is 13.0 Å². The van der Waals surface area contributed by atoms with E-state index in [1.807, 2.05) is 6.07 Å². The standard InChI is InChI=1S/C12H16ClN.2ClH/c1-14(11-13)10-6-5-9-12-7-3-2-4-8-12;;/h2-8H,9-11H2,1H3;2*1H/p-1. The first kappa shape index (κ1) is 18.2. The molecule has 1 atom stereocenters. The third kappa shape index (κ3) is 8.00. The predicted octanol–water partition coefficient (Wildman–Crippen LogP) is -4.50. The zero-order valence-corrected chi connectivity index (χ0v) is 11.6. The molecule has 92 valence electrons. The number of quaternary nitrogens is 1. The zero-order chi connectivity index (χ0) is 10.2. The van der Waals surface area contributed by atoms with Gasteiger partial charge < -0.3 is 29.7 Å². The van der Waals surface area contributed by atoms with Gasteiger partial charge in [-0.05, 0) is 18.1 Å². The number of rotatable bonds is 5. The lowest BCUT2D eigenvalue weighted by atomic mass is 10.1. The highest BCUT2D eigenvalue weighted by Gasteiger charge is 1.92. The number of hydrogen-bond acceptors (Lipinski definition) is 0. The molecule has 0 fully saturated rings. The van der Waals surface area contributed by atoms with E-state index in [1.54, 1.807) is 0 Å². The van der Waals surface area contributed by atoms with Gasteiger partial charge >= 0.3 is 0 Å². The molecular weight excluding hydrogens is 264 g/mol. The van der Waals surface area contributed by atoms with Crippen LogP contribution in [0, 0.1) is 0 Å². The van der Waals surface area contributed by atoms with Gasteiger partial charge in [0.2, 0.25) is 0 Å². The van der Waals surface area contributed by atoms with Crippen molar-refractivity contribution in [3.8, 4) is 0 Å². The van der Waals surface area contributed by atoms with E-state index in [2.05, 4.69) is 43.5 Å². The van der Waals surface area contributed by atoms with Gasteiger partial charge in [-0.15, -0.1) is 0 Å². The van der Waals surface area contributed by atoms with E-state index in [-0.39, 0.29) is 24.8 Å². The largest absolute Gasteiger partial charge is 1.00 e. The summed E-state index contributed by atoms with van der Waals surface area (Å²) in [5.74, 6) is 0. The van der Waals surface area contributed by atoms with Gasteiger partial charge in [0, 0.05) is 0 Å². The van der Waals surface area contributed by atoms with Crippen molar-refractivity contribution in [3.05, 3.63) is 48.0 Å². The van der Waals surface area contributed by atoms with Gasteiger partial charge in [-0.2, -0.15) is 0 Å². The Balaban J connectivity index is 0. The molecular formula is C12H17Cl3N-. The third-order valence-electron chi connectivity index (χ3n) is 2.06. The summed E-state index contributed by atoms with van der Waals surface area (Å²) in [7, 11) is 2.08. The Hall–Kier alpha value is -0.210. The number of alkyl halides is 1. The van der Waals surface area contributed by atoms with Gasteiger partial charge in [0.1, 0.15) is 0 Å². The van der Waals surface area contributed by atoms with Crippen molar-refractivity contribution in [3.63, 3.8) is 0 Å². The first-order chi connectivity index (χ1) is 6.83. The molecule has 0 saturated heterocycles. The van der Waals surface area contributed by atoms with E-state index < -0.39 is 0 Å². The molecule has 0 saturated carbocycles. The van der Waals surface area contributed by atoms with Gasteiger partial charge in [0.05, 0.1) is 13.6 Å². The predicted molar refractivity (Wildman–Crippen MR) is 61.8 cm³/mol. The summed E-state index contributed by atoms with van der Waals surface area (Å²) in [6.45, 7) is 0.996. The monoisotopic (exact) mass is 280 g/mol. The van der Waals surface area contributed by atoms with Crippen molar-refractivity contribution in [2.45, 2.75) is 6.42 Å². The molecule has 1 unspecified atom stereocenters. The Morgan fingerprint density at radius 2 is 1.75 bits per heavy atom. The van der Waals surface area contributed by atoms with E-state index in [4.69, 9.17) is 11.6 Å². The smallest absolute Gasteiger partial charge is 0.153 e. The van der Waals surface area contributed by atoms with Crippen LogP contribution in [-0.2, 0) is 6.42 Å². The van der Waals surface area contributed by atoms with Crippen molar-refractivity contribution in [2.24, 2.45) is 0 Å². The maximum absolute atomic E-state index is 5.68. The van der Waals surface area contributed by atoms with Gasteiger partial charge in [0.15, 0.2) is 6.00 Å². The lowest BCUT2D eigenvalue weighted by Gasteiger charge is -2.05. The molecule has 0 aliphatic rings. The fourth-order valence-corrected chi connectivity index (χ4v) is 1.28. The van der Waals surface area contributed by atoms with Crippen LogP contribution in [-0.4, -0.2) is 19.6 Å². The maximum atomic E-state index is 5.68. The molecule has 0 aliphatic carbocycles. The highest BCUT2D eigenvalue weighted by molar-refractivity contribution is 6.16. The molecule has 0 spiro atoms. The van der Waals surface area contributed by atoms with Crippen LogP contribution < -0.4 is 29.7 Å². The molecule has 0 bridgehead atoms. The Kier molecular flexibility index (Phi) is 12.8. The summed E-state index contributed by atoms with van der Waals surface area (Å²) in [6, 6.07) is 11.1. The summed E-state index contributed by atoms with van der Waals surface area (Å²) in [4.78, 5) is 1.32. The number of allylic oxidation sites excluding steroid dienone is 1. The molecule has 4 heteroatoms. The van der Waals surface area contributed by atoms with Crippen molar-refractivity contribution in [1.82, 2.24) is 0 Å². The summed E-state index contributed by atoms with van der Waals surface area (Å²) in [5.41, 5.74) is 1.35. The van der Waals surface area contributed by atoms with Crippen molar-refractivity contribution in [1.29, 1.82) is 0 Å². The van der Waals surface area contributed by atoms with Gasteiger partial charge in [-0.3, -0.25) is 0 Å². The topological polar surface area (TPSA) is 4.44 Å². The van der Waals surface area contributed by atoms with Crippen LogP contribution >= 0.6 is 11.6 Å². The fraction of sp³-hybridized carbons (Fsp3) is 0.333. The molecule has 1 nitrogen and oxygen atoms in total. The van der Waals surface area contributed by atoms with Crippen LogP contribution in [0.1, 0.15) is 5.56 Å². The molecule has 0 amide bonds. The Morgan fingerprint density at radius 1 is 1.12 bits per heavy atom. The van der Waals surface area contributed by atoms with Crippen LogP contribution in [0.5, 0.6) is 0 Å². The number of likely N-dealkylation sites (N-methyl/N-ethyl adjacent to an activating group) is 1. The maximum Gasteiger partial charge on any atom is 0.153 e. The number of benzene rings is 1. The molecule has 1 aromatic carbocycles. The minimum Gasteiger partial charge on any atom is -1.00 e. The minimum absolute atomic E-state index is 0. The fourth-order valence-electron chi connectivity index (χ4n) is 1.17. The van der Waals surface area contributed by atoms with Crippen LogP contribution in [0.2, 0.25) is 0 Å². The molecule has 0 aliphatic heterocycles. The van der Waals surface area contributed by atoms with E-state index in [9.17, 15) is 0 Å². The molecule has 1 aromatic rings. The SMILES string of the molecule is C[NH+](CCl)CC=CCc1ccccc1.[Cl-].[Cl-]. The Bertz CT molecular complexity index is 275. The molecule has 0 heterocycles. The lowest BCUT2D eigenvalue weighted by Crippen LogP contribution is -3.07. The normalized spacial score (nSPS) is 11.6. The number of hydrogen-bond donors (Lipinski definition) is 1. The minimum atomic E-state index is 0. The zero-order valence-electron chi connectivity index (χ0n) is 9.30. The summed E-state index contributed by atoms with van der Waals surface area (Å²) >= 11 is 5.68. The Labute approximate surface area is 115 Å². The van der Waals surface area contributed by atoms with E-state index >= 15 is 0 Å². The lowest BCUT2D eigenvalue weighted by molar-refractivity contribution is -0.861. The molecule has 1 N–H and O–H groups in total. The average molecular weight is 282 g/mol. The van der Waals surface area contributed by atoms with Crippen LogP contribution in [0.3, 0.4) is 0 Å². The number of nitrogens with one attached hydrogen (secondary N) is 1.